The minimum absolute atomic E-state index is 0.0112. The summed E-state index contributed by atoms with van der Waals surface area (Å²) in [5, 5.41) is 0. The lowest BCUT2D eigenvalue weighted by Crippen LogP contribution is -2.32. The first-order valence-electron chi connectivity index (χ1n) is 6.07. The van der Waals surface area contributed by atoms with Crippen molar-refractivity contribution in [2.45, 2.75) is 24.6 Å². The van der Waals surface area contributed by atoms with Gasteiger partial charge in [0.1, 0.15) is 6.10 Å². The quantitative estimate of drug-likeness (QED) is 0.628. The maximum absolute atomic E-state index is 13.7. The lowest BCUT2D eigenvalue weighted by Gasteiger charge is -2.24. The van der Waals surface area contributed by atoms with E-state index in [0.717, 1.165) is 6.07 Å². The molecule has 4 unspecified atom stereocenters. The van der Waals surface area contributed by atoms with Crippen molar-refractivity contribution in [3.8, 4) is 5.75 Å². The number of halogens is 4. The molecule has 0 radical (unpaired) electrons. The molecule has 2 nitrogen and oxygen atoms in total. The summed E-state index contributed by atoms with van der Waals surface area (Å²) in [5.41, 5.74) is -2.73. The van der Waals surface area contributed by atoms with Gasteiger partial charge in [0.25, 0.3) is 5.66 Å². The Labute approximate surface area is 116 Å². The fourth-order valence-corrected chi connectivity index (χ4v) is 3.00. The van der Waals surface area contributed by atoms with E-state index < -0.39 is 35.2 Å². The SMILES string of the molecule is COc1c(C2COC(C(F)(F)P)C2C)ccc(F)c1F. The van der Waals surface area contributed by atoms with Gasteiger partial charge in [0.15, 0.2) is 11.6 Å². The molecule has 1 aliphatic heterocycles. The number of alkyl halides is 2. The number of hydrogen-bond donors (Lipinski definition) is 0. The molecule has 4 atom stereocenters. The van der Waals surface area contributed by atoms with Gasteiger partial charge in [0, 0.05) is 11.5 Å². The third-order valence-corrected chi connectivity index (χ3v) is 3.96. The van der Waals surface area contributed by atoms with Crippen LogP contribution >= 0.6 is 9.24 Å². The standard InChI is InChI=1S/C13H15F4O2P/c1-6-8(5-19-12(6)13(16,17)20)7-3-4-9(14)10(15)11(7)18-2/h3-4,6,8,12H,5,20H2,1-2H3. The zero-order chi connectivity index (χ0) is 15.1. The molecule has 0 N–H and O–H groups in total. The van der Waals surface area contributed by atoms with Gasteiger partial charge in [-0.3, -0.25) is 0 Å². The summed E-state index contributed by atoms with van der Waals surface area (Å²) in [6.45, 7) is 1.61. The maximum atomic E-state index is 13.7. The molecule has 1 fully saturated rings. The van der Waals surface area contributed by atoms with E-state index in [1.54, 1.807) is 6.92 Å². The van der Waals surface area contributed by atoms with Crippen LogP contribution in [0.1, 0.15) is 18.4 Å². The molecule has 112 valence electrons. The van der Waals surface area contributed by atoms with Crippen molar-refractivity contribution in [2.24, 2.45) is 5.92 Å². The third-order valence-electron chi connectivity index (χ3n) is 3.63. The summed E-state index contributed by atoms with van der Waals surface area (Å²) in [7, 11) is 2.67. The van der Waals surface area contributed by atoms with Crippen LogP contribution in [0.15, 0.2) is 12.1 Å². The molecule has 0 amide bonds. The average molecular weight is 310 g/mol. The van der Waals surface area contributed by atoms with Crippen molar-refractivity contribution in [1.29, 1.82) is 0 Å². The largest absolute Gasteiger partial charge is 0.493 e. The summed E-state index contributed by atoms with van der Waals surface area (Å²) in [6.07, 6.45) is -1.28. The van der Waals surface area contributed by atoms with Gasteiger partial charge in [0.05, 0.1) is 13.7 Å². The summed E-state index contributed by atoms with van der Waals surface area (Å²) in [6, 6.07) is 2.32. The minimum atomic E-state index is -3.07. The molecule has 0 aliphatic carbocycles. The average Bonchev–Trinajstić information content (AvgIpc) is 2.74. The van der Waals surface area contributed by atoms with Gasteiger partial charge in [0.2, 0.25) is 5.82 Å². The van der Waals surface area contributed by atoms with E-state index in [0.29, 0.717) is 5.56 Å². The van der Waals surface area contributed by atoms with Crippen molar-refractivity contribution in [3.05, 3.63) is 29.3 Å². The van der Waals surface area contributed by atoms with Crippen LogP contribution in [0.2, 0.25) is 0 Å². The fourth-order valence-electron chi connectivity index (χ4n) is 2.60. The Bertz CT molecular complexity index is 504. The van der Waals surface area contributed by atoms with Crippen LogP contribution < -0.4 is 4.74 Å². The monoisotopic (exact) mass is 310 g/mol. The van der Waals surface area contributed by atoms with Crippen molar-refractivity contribution in [3.63, 3.8) is 0 Å². The molecular weight excluding hydrogens is 295 g/mol. The van der Waals surface area contributed by atoms with Gasteiger partial charge in [-0.1, -0.05) is 22.2 Å². The van der Waals surface area contributed by atoms with Crippen molar-refractivity contribution in [1.82, 2.24) is 0 Å². The third kappa shape index (κ3) is 2.63. The fraction of sp³-hybridized carbons (Fsp3) is 0.538. The Morgan fingerprint density at radius 2 is 2.00 bits per heavy atom. The molecule has 1 heterocycles. The molecule has 2 rings (SSSR count). The first kappa shape index (κ1) is 15.5. The highest BCUT2D eigenvalue weighted by molar-refractivity contribution is 7.18. The summed E-state index contributed by atoms with van der Waals surface area (Å²) < 4.78 is 63.6. The number of rotatable bonds is 3. The Morgan fingerprint density at radius 3 is 2.50 bits per heavy atom. The zero-order valence-electron chi connectivity index (χ0n) is 11.0. The van der Waals surface area contributed by atoms with Crippen molar-refractivity contribution < 1.29 is 27.0 Å². The molecule has 1 aromatic rings. The first-order chi connectivity index (χ1) is 9.27. The summed E-state index contributed by atoms with van der Waals surface area (Å²) in [5.74, 6) is -3.43. The predicted molar refractivity (Wildman–Crippen MR) is 69.2 cm³/mol. The Balaban J connectivity index is 2.37. The zero-order valence-corrected chi connectivity index (χ0v) is 12.2. The van der Waals surface area contributed by atoms with Crippen molar-refractivity contribution in [2.75, 3.05) is 13.7 Å². The second kappa shape index (κ2) is 5.49. The normalized spacial score (nSPS) is 26.9. The highest BCUT2D eigenvalue weighted by Gasteiger charge is 2.48. The first-order valence-corrected chi connectivity index (χ1v) is 6.65. The Kier molecular flexibility index (Phi) is 4.26. The summed E-state index contributed by atoms with van der Waals surface area (Å²) >= 11 is 0. The number of methoxy groups -OCH3 is 1. The lowest BCUT2D eigenvalue weighted by atomic mass is 9.86. The van der Waals surface area contributed by atoms with Crippen LogP contribution in [-0.4, -0.2) is 25.5 Å². The molecular formula is C13H15F4O2P. The van der Waals surface area contributed by atoms with E-state index in [1.807, 2.05) is 0 Å². The van der Waals surface area contributed by atoms with Gasteiger partial charge in [-0.25, -0.2) is 4.39 Å². The van der Waals surface area contributed by atoms with Crippen LogP contribution in [0.3, 0.4) is 0 Å². The second-order valence-electron chi connectivity index (χ2n) is 4.88. The maximum Gasteiger partial charge on any atom is 0.284 e. The highest BCUT2D eigenvalue weighted by atomic mass is 31.0. The molecule has 0 aromatic heterocycles. The molecule has 0 spiro atoms. The van der Waals surface area contributed by atoms with Gasteiger partial charge >= 0.3 is 0 Å². The van der Waals surface area contributed by atoms with E-state index >= 15 is 0 Å². The van der Waals surface area contributed by atoms with E-state index in [9.17, 15) is 17.6 Å². The molecule has 7 heteroatoms. The van der Waals surface area contributed by atoms with Gasteiger partial charge in [-0.2, -0.15) is 13.2 Å². The van der Waals surface area contributed by atoms with Crippen molar-refractivity contribution >= 4 is 9.24 Å². The molecule has 1 saturated heterocycles. The Morgan fingerprint density at radius 1 is 1.35 bits per heavy atom. The predicted octanol–water partition coefficient (Wildman–Crippen LogP) is 3.56. The highest BCUT2D eigenvalue weighted by Crippen LogP contribution is 2.46. The van der Waals surface area contributed by atoms with Crippen LogP contribution in [0.5, 0.6) is 5.75 Å². The van der Waals surface area contributed by atoms with E-state index in [4.69, 9.17) is 9.47 Å². The smallest absolute Gasteiger partial charge is 0.284 e. The van der Waals surface area contributed by atoms with Crippen LogP contribution in [-0.2, 0) is 4.74 Å². The second-order valence-corrected chi connectivity index (χ2v) is 5.65. The molecule has 0 saturated carbocycles. The number of ether oxygens (including phenoxy) is 2. The van der Waals surface area contributed by atoms with Crippen LogP contribution in [0, 0.1) is 17.6 Å². The van der Waals surface area contributed by atoms with E-state index in [1.165, 1.54) is 22.4 Å². The molecule has 1 aliphatic rings. The van der Waals surface area contributed by atoms with Gasteiger partial charge < -0.3 is 9.47 Å². The topological polar surface area (TPSA) is 18.5 Å². The summed E-state index contributed by atoms with van der Waals surface area (Å²) in [4.78, 5) is 0. The van der Waals surface area contributed by atoms with Crippen LogP contribution in [0.25, 0.3) is 0 Å². The van der Waals surface area contributed by atoms with Gasteiger partial charge in [-0.05, 0) is 12.0 Å². The lowest BCUT2D eigenvalue weighted by molar-refractivity contribution is -0.0625. The van der Waals surface area contributed by atoms with E-state index in [2.05, 4.69) is 0 Å². The van der Waals surface area contributed by atoms with Gasteiger partial charge in [-0.15, -0.1) is 0 Å². The van der Waals surface area contributed by atoms with Crippen LogP contribution in [0.4, 0.5) is 17.6 Å². The molecule has 0 bridgehead atoms. The Hall–Kier alpha value is -0.870. The molecule has 1 aromatic carbocycles. The van der Waals surface area contributed by atoms with E-state index in [-0.39, 0.29) is 12.4 Å². The minimum Gasteiger partial charge on any atom is -0.493 e. The number of benzene rings is 1. The molecule has 20 heavy (non-hydrogen) atoms. The number of hydrogen-bond acceptors (Lipinski definition) is 2.